The summed E-state index contributed by atoms with van der Waals surface area (Å²) in [5, 5.41) is 2.72. The van der Waals surface area contributed by atoms with Crippen molar-refractivity contribution in [2.45, 2.75) is 39.9 Å². The van der Waals surface area contributed by atoms with Crippen molar-refractivity contribution in [2.75, 3.05) is 23.3 Å². The molecule has 2 aliphatic rings. The van der Waals surface area contributed by atoms with Gasteiger partial charge in [-0.3, -0.25) is 14.4 Å². The summed E-state index contributed by atoms with van der Waals surface area (Å²) >= 11 is 0. The molecule has 1 fully saturated rings. The smallest absolute Gasteiger partial charge is 0.282 e. The number of carbonyl (C=O) groups excluding carboxylic acids is 3. The molecule has 1 saturated heterocycles. The Morgan fingerprint density at radius 1 is 0.938 bits per heavy atom. The number of aryl methyl sites for hydroxylation is 1. The molecule has 2 aliphatic heterocycles. The van der Waals surface area contributed by atoms with Gasteiger partial charge in [-0.2, -0.15) is 0 Å². The maximum absolute atomic E-state index is 13.6. The van der Waals surface area contributed by atoms with E-state index in [9.17, 15) is 14.4 Å². The van der Waals surface area contributed by atoms with E-state index < -0.39 is 0 Å². The number of anilines is 2. The predicted molar refractivity (Wildman–Crippen MR) is 123 cm³/mol. The van der Waals surface area contributed by atoms with Gasteiger partial charge in [0.25, 0.3) is 11.8 Å². The molecular weight excluding hydrogens is 406 g/mol. The molecule has 2 unspecified atom stereocenters. The molecule has 7 heteroatoms. The lowest BCUT2D eigenvalue weighted by Gasteiger charge is -2.37. The van der Waals surface area contributed by atoms with Crippen LogP contribution in [0.1, 0.15) is 31.9 Å². The molecule has 0 bridgehead atoms. The minimum atomic E-state index is -0.354. The monoisotopic (exact) mass is 433 g/mol. The third kappa shape index (κ3) is 4.16. The second kappa shape index (κ2) is 8.59. The van der Waals surface area contributed by atoms with Crippen LogP contribution in [-0.2, 0) is 19.1 Å². The number of ether oxygens (including phenoxy) is 1. The lowest BCUT2D eigenvalue weighted by molar-refractivity contribution is -0.121. The first-order valence-electron chi connectivity index (χ1n) is 10.7. The molecular formula is C25H27N3O4. The van der Waals surface area contributed by atoms with Gasteiger partial charge in [0.15, 0.2) is 0 Å². The lowest BCUT2D eigenvalue weighted by Crippen LogP contribution is -2.47. The number of rotatable bonds is 4. The zero-order chi connectivity index (χ0) is 23.0. The van der Waals surface area contributed by atoms with Gasteiger partial charge in [0.05, 0.1) is 23.5 Å². The van der Waals surface area contributed by atoms with Crippen molar-refractivity contribution >= 4 is 34.7 Å². The summed E-state index contributed by atoms with van der Waals surface area (Å²) in [4.78, 5) is 41.8. The Labute approximate surface area is 187 Å². The summed E-state index contributed by atoms with van der Waals surface area (Å²) in [5.41, 5.74) is 3.61. The second-order valence-corrected chi connectivity index (χ2v) is 8.43. The molecule has 2 aromatic carbocycles. The van der Waals surface area contributed by atoms with E-state index in [2.05, 4.69) is 5.32 Å². The maximum atomic E-state index is 13.6. The van der Waals surface area contributed by atoms with Crippen molar-refractivity contribution in [2.24, 2.45) is 0 Å². The highest BCUT2D eigenvalue weighted by Gasteiger charge is 2.43. The van der Waals surface area contributed by atoms with E-state index in [1.165, 1.54) is 11.8 Å². The quantitative estimate of drug-likeness (QED) is 0.748. The molecule has 4 rings (SSSR count). The van der Waals surface area contributed by atoms with Crippen molar-refractivity contribution in [3.8, 4) is 0 Å². The molecule has 3 amide bonds. The van der Waals surface area contributed by atoms with Gasteiger partial charge in [-0.05, 0) is 50.6 Å². The highest BCUT2D eigenvalue weighted by molar-refractivity contribution is 6.45. The molecule has 0 spiro atoms. The van der Waals surface area contributed by atoms with E-state index in [4.69, 9.17) is 4.74 Å². The van der Waals surface area contributed by atoms with Crippen LogP contribution >= 0.6 is 0 Å². The minimum Gasteiger partial charge on any atom is -0.372 e. The summed E-state index contributed by atoms with van der Waals surface area (Å²) in [6, 6.07) is 14.3. The first kappa shape index (κ1) is 21.8. The Bertz CT molecular complexity index is 1080. The predicted octanol–water partition coefficient (Wildman–Crippen LogP) is 3.35. The van der Waals surface area contributed by atoms with Crippen LogP contribution in [0.25, 0.3) is 5.57 Å². The second-order valence-electron chi connectivity index (χ2n) is 8.43. The molecule has 0 saturated carbocycles. The average Bonchev–Trinajstić information content (AvgIpc) is 2.98. The molecule has 32 heavy (non-hydrogen) atoms. The van der Waals surface area contributed by atoms with Gasteiger partial charge in [-0.25, -0.2) is 4.90 Å². The molecule has 0 aromatic heterocycles. The first-order chi connectivity index (χ1) is 15.2. The topological polar surface area (TPSA) is 79.0 Å². The number of hydrogen-bond donors (Lipinski definition) is 1. The molecule has 2 heterocycles. The number of nitrogens with one attached hydrogen (secondary N) is 1. The fraction of sp³-hybridized carbons (Fsp3) is 0.320. The van der Waals surface area contributed by atoms with Gasteiger partial charge in [0.2, 0.25) is 5.91 Å². The third-order valence-electron chi connectivity index (χ3n) is 5.58. The molecule has 7 nitrogen and oxygen atoms in total. The van der Waals surface area contributed by atoms with E-state index in [-0.39, 0.29) is 29.9 Å². The van der Waals surface area contributed by atoms with Gasteiger partial charge in [-0.15, -0.1) is 0 Å². The van der Waals surface area contributed by atoms with Crippen molar-refractivity contribution in [3.05, 3.63) is 65.4 Å². The Morgan fingerprint density at radius 3 is 2.09 bits per heavy atom. The normalized spacial score (nSPS) is 21.4. The number of carbonyl (C=O) groups is 3. The van der Waals surface area contributed by atoms with Crippen molar-refractivity contribution < 1.29 is 19.1 Å². The van der Waals surface area contributed by atoms with Crippen molar-refractivity contribution in [3.63, 3.8) is 0 Å². The third-order valence-corrected chi connectivity index (χ3v) is 5.58. The standard InChI is InChI=1S/C25H27N3O4/c1-15-5-11-21(12-6-15)28-24(30)22(19-7-9-20(10-8-19)26-18(4)29)23(25(28)31)27-13-16(2)32-17(3)14-27/h5-12,16-17H,13-14H2,1-4H3,(H,26,29). The summed E-state index contributed by atoms with van der Waals surface area (Å²) in [6.45, 7) is 8.36. The summed E-state index contributed by atoms with van der Waals surface area (Å²) in [5.74, 6) is -0.861. The van der Waals surface area contributed by atoms with Crippen LogP contribution < -0.4 is 10.2 Å². The summed E-state index contributed by atoms with van der Waals surface area (Å²) in [7, 11) is 0. The Hall–Kier alpha value is -3.45. The number of benzene rings is 2. The van der Waals surface area contributed by atoms with Gasteiger partial charge < -0.3 is 15.0 Å². The van der Waals surface area contributed by atoms with Crippen molar-refractivity contribution in [1.82, 2.24) is 4.90 Å². The summed E-state index contributed by atoms with van der Waals surface area (Å²) < 4.78 is 5.84. The van der Waals surface area contributed by atoms with Crippen LogP contribution in [0, 0.1) is 6.92 Å². The molecule has 2 aromatic rings. The van der Waals surface area contributed by atoms with Crippen LogP contribution in [0.4, 0.5) is 11.4 Å². The Morgan fingerprint density at radius 2 is 1.53 bits per heavy atom. The zero-order valence-electron chi connectivity index (χ0n) is 18.7. The number of morpholine rings is 1. The Kier molecular flexibility index (Phi) is 5.84. The maximum Gasteiger partial charge on any atom is 0.282 e. The highest BCUT2D eigenvalue weighted by Crippen LogP contribution is 2.36. The van der Waals surface area contributed by atoms with Crippen LogP contribution in [0.2, 0.25) is 0 Å². The first-order valence-corrected chi connectivity index (χ1v) is 10.7. The van der Waals surface area contributed by atoms with E-state index in [0.29, 0.717) is 41.3 Å². The SMILES string of the molecule is CC(=O)Nc1ccc(C2=C(N3CC(C)OC(C)C3)C(=O)N(c3ccc(C)cc3)C2=O)cc1. The van der Waals surface area contributed by atoms with Crippen LogP contribution in [0.3, 0.4) is 0 Å². The number of hydrogen-bond acceptors (Lipinski definition) is 5. The number of imide groups is 1. The molecule has 0 radical (unpaired) electrons. The van der Waals surface area contributed by atoms with Crippen LogP contribution in [-0.4, -0.2) is 47.9 Å². The Balaban J connectivity index is 1.79. The zero-order valence-corrected chi connectivity index (χ0v) is 18.7. The largest absolute Gasteiger partial charge is 0.372 e. The fourth-order valence-corrected chi connectivity index (χ4v) is 4.28. The number of amides is 3. The van der Waals surface area contributed by atoms with Gasteiger partial charge in [0, 0.05) is 25.7 Å². The van der Waals surface area contributed by atoms with Crippen LogP contribution in [0.5, 0.6) is 0 Å². The van der Waals surface area contributed by atoms with E-state index in [1.54, 1.807) is 36.4 Å². The van der Waals surface area contributed by atoms with E-state index >= 15 is 0 Å². The fourth-order valence-electron chi connectivity index (χ4n) is 4.28. The molecule has 1 N–H and O–H groups in total. The van der Waals surface area contributed by atoms with Gasteiger partial charge >= 0.3 is 0 Å². The van der Waals surface area contributed by atoms with Crippen molar-refractivity contribution in [1.29, 1.82) is 0 Å². The van der Waals surface area contributed by atoms with Gasteiger partial charge in [-0.1, -0.05) is 29.8 Å². The van der Waals surface area contributed by atoms with Gasteiger partial charge in [0.1, 0.15) is 5.70 Å². The minimum absolute atomic E-state index is 0.0639. The van der Waals surface area contributed by atoms with Crippen LogP contribution in [0.15, 0.2) is 54.2 Å². The number of nitrogens with zero attached hydrogens (tertiary/aromatic N) is 2. The molecule has 0 aliphatic carbocycles. The highest BCUT2D eigenvalue weighted by atomic mass is 16.5. The molecule has 166 valence electrons. The lowest BCUT2D eigenvalue weighted by atomic mass is 10.0. The van der Waals surface area contributed by atoms with E-state index in [1.807, 2.05) is 37.8 Å². The molecule has 2 atom stereocenters. The average molecular weight is 434 g/mol. The summed E-state index contributed by atoms with van der Waals surface area (Å²) in [6.07, 6.45) is -0.128. The van der Waals surface area contributed by atoms with E-state index in [0.717, 1.165) is 5.56 Å².